The van der Waals surface area contributed by atoms with Gasteiger partial charge in [-0.25, -0.2) is 17.6 Å². The molecule has 1 rings (SSSR count). The maximum absolute atomic E-state index is 13.4. The van der Waals surface area contributed by atoms with Crippen LogP contribution in [0.3, 0.4) is 0 Å². The van der Waals surface area contributed by atoms with Crippen molar-refractivity contribution in [2.75, 3.05) is 6.61 Å². The Morgan fingerprint density at radius 2 is 1.70 bits per heavy atom. The predicted molar refractivity (Wildman–Crippen MR) is 64.1 cm³/mol. The highest BCUT2D eigenvalue weighted by atomic mass is 19.2. The zero-order valence-electron chi connectivity index (χ0n) is 11.0. The van der Waals surface area contributed by atoms with E-state index in [4.69, 9.17) is 5.11 Å². The van der Waals surface area contributed by atoms with Crippen LogP contribution in [0.1, 0.15) is 30.6 Å². The number of aliphatic hydroxyl groups is 1. The third kappa shape index (κ3) is 3.69. The third-order valence-electron chi connectivity index (χ3n) is 2.65. The van der Waals surface area contributed by atoms with Crippen molar-refractivity contribution >= 4 is 5.91 Å². The summed E-state index contributed by atoms with van der Waals surface area (Å²) >= 11 is 0. The molecule has 112 valence electrons. The molecule has 1 atom stereocenters. The van der Waals surface area contributed by atoms with Crippen LogP contribution in [-0.4, -0.2) is 23.7 Å². The summed E-state index contributed by atoms with van der Waals surface area (Å²) in [5.41, 5.74) is -1.33. The highest BCUT2D eigenvalue weighted by Gasteiger charge is 2.26. The Balaban J connectivity index is 3.03. The molecule has 0 heterocycles. The minimum Gasteiger partial charge on any atom is -0.394 e. The number of halogens is 4. The van der Waals surface area contributed by atoms with E-state index in [1.807, 2.05) is 13.8 Å². The van der Waals surface area contributed by atoms with E-state index in [0.29, 0.717) is 6.42 Å². The maximum Gasteiger partial charge on any atom is 0.257 e. The summed E-state index contributed by atoms with van der Waals surface area (Å²) < 4.78 is 52.8. The molecule has 0 aliphatic rings. The lowest BCUT2D eigenvalue weighted by molar-refractivity contribution is 0.0897. The van der Waals surface area contributed by atoms with Crippen LogP contribution in [0.4, 0.5) is 17.6 Å². The fourth-order valence-electron chi connectivity index (χ4n) is 1.78. The molecular formula is C13H15F4NO2. The van der Waals surface area contributed by atoms with Gasteiger partial charge in [0.1, 0.15) is 5.56 Å². The Morgan fingerprint density at radius 3 is 2.10 bits per heavy atom. The number of aliphatic hydroxyl groups excluding tert-OH is 1. The number of carbonyl (C=O) groups is 1. The second-order valence-electron chi connectivity index (χ2n) is 4.83. The molecule has 20 heavy (non-hydrogen) atoms. The lowest BCUT2D eigenvalue weighted by Crippen LogP contribution is -2.39. The van der Waals surface area contributed by atoms with Crippen LogP contribution in [0.15, 0.2) is 6.07 Å². The lowest BCUT2D eigenvalue weighted by Gasteiger charge is -2.18. The monoisotopic (exact) mass is 293 g/mol. The molecule has 0 saturated heterocycles. The average molecular weight is 293 g/mol. The predicted octanol–water partition coefficient (Wildman–Crippen LogP) is 2.38. The van der Waals surface area contributed by atoms with Crippen molar-refractivity contribution < 1.29 is 27.5 Å². The fourth-order valence-corrected chi connectivity index (χ4v) is 1.78. The van der Waals surface area contributed by atoms with Crippen molar-refractivity contribution in [3.63, 3.8) is 0 Å². The molecule has 0 aliphatic heterocycles. The van der Waals surface area contributed by atoms with Gasteiger partial charge >= 0.3 is 0 Å². The van der Waals surface area contributed by atoms with Gasteiger partial charge in [0, 0.05) is 6.07 Å². The van der Waals surface area contributed by atoms with Crippen molar-refractivity contribution in [3.05, 3.63) is 34.9 Å². The summed E-state index contributed by atoms with van der Waals surface area (Å²) in [6.45, 7) is 3.18. The standard InChI is InChI=1S/C13H15F4NO2/c1-6(2)3-7(5-19)18-13(20)10-11(16)8(14)4-9(15)12(10)17/h4,6-7,19H,3,5H2,1-2H3,(H,18,20). The molecule has 0 bridgehead atoms. The Morgan fingerprint density at radius 1 is 1.20 bits per heavy atom. The summed E-state index contributed by atoms with van der Waals surface area (Å²) in [4.78, 5) is 11.7. The molecule has 1 unspecified atom stereocenters. The molecule has 1 aromatic carbocycles. The molecule has 0 aliphatic carbocycles. The molecule has 0 radical (unpaired) electrons. The highest BCUT2D eigenvalue weighted by Crippen LogP contribution is 2.19. The third-order valence-corrected chi connectivity index (χ3v) is 2.65. The van der Waals surface area contributed by atoms with Gasteiger partial charge < -0.3 is 10.4 Å². The quantitative estimate of drug-likeness (QED) is 0.647. The van der Waals surface area contributed by atoms with Crippen molar-refractivity contribution in [2.45, 2.75) is 26.3 Å². The summed E-state index contributed by atoms with van der Waals surface area (Å²) in [7, 11) is 0. The van der Waals surface area contributed by atoms with Crippen LogP contribution >= 0.6 is 0 Å². The van der Waals surface area contributed by atoms with Gasteiger partial charge in [-0.3, -0.25) is 4.79 Å². The van der Waals surface area contributed by atoms with Gasteiger partial charge in [0.05, 0.1) is 12.6 Å². The smallest absolute Gasteiger partial charge is 0.257 e. The van der Waals surface area contributed by atoms with E-state index in [1.165, 1.54) is 0 Å². The second kappa shape index (κ2) is 6.69. The summed E-state index contributed by atoms with van der Waals surface area (Å²) in [6.07, 6.45) is 0.350. The number of carbonyl (C=O) groups excluding carboxylic acids is 1. The van der Waals surface area contributed by atoms with E-state index in [0.717, 1.165) is 0 Å². The Hall–Kier alpha value is -1.63. The number of benzene rings is 1. The van der Waals surface area contributed by atoms with Gasteiger partial charge in [-0.1, -0.05) is 13.8 Å². The average Bonchev–Trinajstić information content (AvgIpc) is 2.35. The number of amides is 1. The van der Waals surface area contributed by atoms with E-state index in [1.54, 1.807) is 0 Å². The van der Waals surface area contributed by atoms with Gasteiger partial charge in [-0.15, -0.1) is 0 Å². The second-order valence-corrected chi connectivity index (χ2v) is 4.83. The Kier molecular flexibility index (Phi) is 5.50. The van der Waals surface area contributed by atoms with Gasteiger partial charge in [0.25, 0.3) is 5.91 Å². The minimum atomic E-state index is -1.76. The van der Waals surface area contributed by atoms with Crippen LogP contribution in [0.25, 0.3) is 0 Å². The summed E-state index contributed by atoms with van der Waals surface area (Å²) in [5.74, 6) is -8.04. The van der Waals surface area contributed by atoms with Crippen molar-refractivity contribution in [1.29, 1.82) is 0 Å². The largest absolute Gasteiger partial charge is 0.394 e. The fraction of sp³-hybridized carbons (Fsp3) is 0.462. The van der Waals surface area contributed by atoms with Crippen LogP contribution in [0.2, 0.25) is 0 Å². The normalized spacial score (nSPS) is 12.6. The van der Waals surface area contributed by atoms with E-state index in [-0.39, 0.29) is 12.0 Å². The van der Waals surface area contributed by atoms with Gasteiger partial charge in [-0.2, -0.15) is 0 Å². The minimum absolute atomic E-state index is 0.0269. The lowest BCUT2D eigenvalue weighted by atomic mass is 10.0. The van der Waals surface area contributed by atoms with E-state index < -0.39 is 47.4 Å². The zero-order chi connectivity index (χ0) is 15.4. The van der Waals surface area contributed by atoms with Gasteiger partial charge in [0.2, 0.25) is 0 Å². The first-order valence-corrected chi connectivity index (χ1v) is 6.02. The molecule has 0 saturated carbocycles. The number of hydrogen-bond acceptors (Lipinski definition) is 2. The van der Waals surface area contributed by atoms with Crippen molar-refractivity contribution in [3.8, 4) is 0 Å². The maximum atomic E-state index is 13.4. The first kappa shape index (κ1) is 16.4. The summed E-state index contributed by atoms with van der Waals surface area (Å²) in [5, 5.41) is 11.2. The van der Waals surface area contributed by atoms with E-state index >= 15 is 0 Å². The number of rotatable bonds is 5. The molecular weight excluding hydrogens is 278 g/mol. The molecule has 1 amide bonds. The Labute approximate surface area is 113 Å². The van der Waals surface area contributed by atoms with Crippen molar-refractivity contribution in [2.24, 2.45) is 5.92 Å². The first-order valence-electron chi connectivity index (χ1n) is 6.02. The van der Waals surface area contributed by atoms with Gasteiger partial charge in [0.15, 0.2) is 23.3 Å². The van der Waals surface area contributed by atoms with Crippen LogP contribution in [-0.2, 0) is 0 Å². The molecule has 1 aromatic rings. The molecule has 0 spiro atoms. The highest BCUT2D eigenvalue weighted by molar-refractivity contribution is 5.95. The Bertz CT molecular complexity index is 479. The molecule has 0 aromatic heterocycles. The topological polar surface area (TPSA) is 49.3 Å². The van der Waals surface area contributed by atoms with Crippen molar-refractivity contribution in [1.82, 2.24) is 5.32 Å². The molecule has 3 nitrogen and oxygen atoms in total. The SMILES string of the molecule is CC(C)CC(CO)NC(=O)c1c(F)c(F)cc(F)c1F. The molecule has 0 fully saturated rings. The summed E-state index contributed by atoms with van der Waals surface area (Å²) in [6, 6.07) is -0.730. The van der Waals surface area contributed by atoms with E-state index in [2.05, 4.69) is 5.32 Å². The van der Waals surface area contributed by atoms with Gasteiger partial charge in [-0.05, 0) is 12.3 Å². The first-order chi connectivity index (χ1) is 9.27. The molecule has 7 heteroatoms. The number of nitrogens with one attached hydrogen (secondary N) is 1. The molecule has 2 N–H and O–H groups in total. The number of hydrogen-bond donors (Lipinski definition) is 2. The zero-order valence-corrected chi connectivity index (χ0v) is 11.0. The van der Waals surface area contributed by atoms with Crippen LogP contribution < -0.4 is 5.32 Å². The van der Waals surface area contributed by atoms with Crippen LogP contribution in [0.5, 0.6) is 0 Å². The van der Waals surface area contributed by atoms with E-state index in [9.17, 15) is 22.4 Å². The van der Waals surface area contributed by atoms with Crippen LogP contribution in [0, 0.1) is 29.2 Å².